The Balaban J connectivity index is 1.28. The maximum absolute atomic E-state index is 12.9. The van der Waals surface area contributed by atoms with E-state index in [4.69, 9.17) is 0 Å². The minimum absolute atomic E-state index is 0.107. The predicted molar refractivity (Wildman–Crippen MR) is 102 cm³/mol. The molecule has 0 radical (unpaired) electrons. The normalized spacial score (nSPS) is 31.9. The molecular formula is C21H26N4O3. The molecule has 4 aliphatic rings. The Bertz CT molecular complexity index is 850. The van der Waals surface area contributed by atoms with Gasteiger partial charge in [0.05, 0.1) is 0 Å². The van der Waals surface area contributed by atoms with Crippen molar-refractivity contribution in [1.29, 1.82) is 0 Å². The van der Waals surface area contributed by atoms with E-state index in [1.165, 1.54) is 19.3 Å². The molecule has 3 aliphatic heterocycles. The molecule has 3 fully saturated rings. The highest BCUT2D eigenvalue weighted by Gasteiger charge is 2.42. The fourth-order valence-corrected chi connectivity index (χ4v) is 5.31. The third-order valence-corrected chi connectivity index (χ3v) is 6.87. The van der Waals surface area contributed by atoms with Crippen LogP contribution >= 0.6 is 0 Å². The van der Waals surface area contributed by atoms with Crippen LogP contribution in [0.15, 0.2) is 18.2 Å². The van der Waals surface area contributed by atoms with E-state index in [0.717, 1.165) is 36.7 Å². The quantitative estimate of drug-likeness (QED) is 0.667. The Morgan fingerprint density at radius 2 is 2.11 bits per heavy atom. The summed E-state index contributed by atoms with van der Waals surface area (Å²) in [6.07, 6.45) is 4.40. The van der Waals surface area contributed by atoms with E-state index in [1.807, 2.05) is 12.1 Å². The van der Waals surface area contributed by atoms with Crippen molar-refractivity contribution in [2.45, 2.75) is 56.8 Å². The first kappa shape index (κ1) is 17.8. The zero-order valence-corrected chi connectivity index (χ0v) is 15.9. The van der Waals surface area contributed by atoms with E-state index < -0.39 is 6.04 Å². The Hall–Kier alpha value is -2.25. The third-order valence-electron chi connectivity index (χ3n) is 6.87. The molecule has 1 aromatic carbocycles. The van der Waals surface area contributed by atoms with Gasteiger partial charge in [-0.2, -0.15) is 0 Å². The summed E-state index contributed by atoms with van der Waals surface area (Å²) >= 11 is 0. The Morgan fingerprint density at radius 3 is 2.96 bits per heavy atom. The number of hydrogen-bond acceptors (Lipinski definition) is 5. The lowest BCUT2D eigenvalue weighted by Gasteiger charge is -2.35. The van der Waals surface area contributed by atoms with Crippen molar-refractivity contribution < 1.29 is 14.4 Å². The molecule has 0 spiro atoms. The molecule has 1 aliphatic carbocycles. The maximum atomic E-state index is 12.9. The van der Waals surface area contributed by atoms with Crippen molar-refractivity contribution in [3.05, 3.63) is 34.9 Å². The van der Waals surface area contributed by atoms with Gasteiger partial charge in [-0.1, -0.05) is 12.1 Å². The molecule has 7 heteroatoms. The summed E-state index contributed by atoms with van der Waals surface area (Å²) in [5.74, 6) is 0.0539. The van der Waals surface area contributed by atoms with Gasteiger partial charge >= 0.3 is 0 Å². The molecule has 3 unspecified atom stereocenters. The Labute approximate surface area is 164 Å². The number of amides is 3. The summed E-state index contributed by atoms with van der Waals surface area (Å²) < 4.78 is 0. The number of piperidine rings is 2. The van der Waals surface area contributed by atoms with Crippen molar-refractivity contribution >= 4 is 17.7 Å². The van der Waals surface area contributed by atoms with Crippen LogP contribution in [0.5, 0.6) is 0 Å². The Kier molecular flexibility index (Phi) is 4.25. The van der Waals surface area contributed by atoms with Crippen molar-refractivity contribution in [2.75, 3.05) is 13.1 Å². The predicted octanol–water partition coefficient (Wildman–Crippen LogP) is 0.679. The number of nitrogens with one attached hydrogen (secondary N) is 3. The van der Waals surface area contributed by atoms with E-state index in [2.05, 4.69) is 22.0 Å². The highest BCUT2D eigenvalue weighted by molar-refractivity contribution is 6.05. The van der Waals surface area contributed by atoms with Crippen LogP contribution in [-0.2, 0) is 22.7 Å². The third kappa shape index (κ3) is 3.02. The van der Waals surface area contributed by atoms with E-state index in [-0.39, 0.29) is 29.7 Å². The molecule has 1 saturated carbocycles. The van der Waals surface area contributed by atoms with Gasteiger partial charge in [0.15, 0.2) is 0 Å². The second-order valence-electron chi connectivity index (χ2n) is 8.77. The molecule has 5 rings (SSSR count). The highest BCUT2D eigenvalue weighted by atomic mass is 16.2. The zero-order chi connectivity index (χ0) is 19.3. The molecule has 1 aromatic rings. The van der Waals surface area contributed by atoms with E-state index in [1.54, 1.807) is 4.90 Å². The first-order valence-corrected chi connectivity index (χ1v) is 10.3. The number of rotatable bonds is 4. The van der Waals surface area contributed by atoms with Gasteiger partial charge in [-0.05, 0) is 55.3 Å². The Morgan fingerprint density at radius 1 is 1.21 bits per heavy atom. The lowest BCUT2D eigenvalue weighted by molar-refractivity contribution is -0.136. The van der Waals surface area contributed by atoms with Crippen molar-refractivity contribution in [1.82, 2.24) is 20.9 Å². The molecule has 2 bridgehead atoms. The summed E-state index contributed by atoms with van der Waals surface area (Å²) in [5, 5.41) is 9.63. The lowest BCUT2D eigenvalue weighted by Crippen LogP contribution is -2.53. The molecule has 0 aromatic heterocycles. The number of imide groups is 1. The van der Waals surface area contributed by atoms with Gasteiger partial charge in [0.2, 0.25) is 11.8 Å². The molecule has 7 nitrogen and oxygen atoms in total. The van der Waals surface area contributed by atoms with E-state index in [0.29, 0.717) is 18.5 Å². The molecule has 3 atom stereocenters. The standard InChI is InChI=1S/C21H26N4O3/c26-18-4-3-17(19(27)24-18)25-11-15-2-1-13(7-16(15)20(25)28)10-23-21-6-5-14(8-21)9-22-12-21/h1-2,7,14,17,22-23H,3-6,8-12H2,(H,24,26,27). The van der Waals surface area contributed by atoms with Crippen molar-refractivity contribution in [3.63, 3.8) is 0 Å². The molecule has 3 heterocycles. The first-order valence-electron chi connectivity index (χ1n) is 10.3. The monoisotopic (exact) mass is 382 g/mol. The second-order valence-corrected chi connectivity index (χ2v) is 8.77. The SMILES string of the molecule is O=C1CCC(N2Cc3ccc(CNC45CCC(CNC4)C5)cc3C2=O)C(=O)N1. The fraction of sp³-hybridized carbons (Fsp3) is 0.571. The van der Waals surface area contributed by atoms with Crippen LogP contribution in [-0.4, -0.2) is 47.3 Å². The van der Waals surface area contributed by atoms with Crippen LogP contribution in [0.1, 0.15) is 53.6 Å². The molecule has 28 heavy (non-hydrogen) atoms. The number of nitrogens with zero attached hydrogens (tertiary/aromatic N) is 1. The van der Waals surface area contributed by atoms with Gasteiger partial charge < -0.3 is 15.5 Å². The number of carbonyl (C=O) groups is 3. The second kappa shape index (κ2) is 6.67. The van der Waals surface area contributed by atoms with Crippen molar-refractivity contribution in [3.8, 4) is 0 Å². The molecule has 148 valence electrons. The minimum Gasteiger partial charge on any atom is -0.322 e. The van der Waals surface area contributed by atoms with Gasteiger partial charge in [-0.15, -0.1) is 0 Å². The van der Waals surface area contributed by atoms with Crippen LogP contribution < -0.4 is 16.0 Å². The number of carbonyl (C=O) groups excluding carboxylic acids is 3. The summed E-state index contributed by atoms with van der Waals surface area (Å²) in [4.78, 5) is 38.1. The van der Waals surface area contributed by atoms with Gasteiger partial charge in [-0.3, -0.25) is 19.7 Å². The number of benzene rings is 1. The molecule has 3 amide bonds. The average molecular weight is 382 g/mol. The van der Waals surface area contributed by atoms with E-state index in [9.17, 15) is 14.4 Å². The number of hydrogen-bond donors (Lipinski definition) is 3. The number of fused-ring (bicyclic) bond motifs is 3. The van der Waals surface area contributed by atoms with Gasteiger partial charge in [0.1, 0.15) is 6.04 Å². The van der Waals surface area contributed by atoms with Crippen LogP contribution in [0, 0.1) is 5.92 Å². The summed E-state index contributed by atoms with van der Waals surface area (Å²) in [6, 6.07) is 5.49. The topological polar surface area (TPSA) is 90.5 Å². The molecule has 3 N–H and O–H groups in total. The van der Waals surface area contributed by atoms with Crippen LogP contribution in [0.25, 0.3) is 0 Å². The van der Waals surface area contributed by atoms with Gasteiger partial charge in [-0.25, -0.2) is 0 Å². The summed E-state index contributed by atoms with van der Waals surface area (Å²) in [7, 11) is 0. The largest absolute Gasteiger partial charge is 0.322 e. The highest BCUT2D eigenvalue weighted by Crippen LogP contribution is 2.37. The average Bonchev–Trinajstić information content (AvgIpc) is 3.17. The van der Waals surface area contributed by atoms with Crippen LogP contribution in [0.3, 0.4) is 0 Å². The lowest BCUT2D eigenvalue weighted by atomic mass is 9.92. The molecular weight excluding hydrogens is 356 g/mol. The van der Waals surface area contributed by atoms with Crippen molar-refractivity contribution in [2.24, 2.45) is 5.92 Å². The van der Waals surface area contributed by atoms with Gasteiger partial charge in [0, 0.05) is 37.2 Å². The van der Waals surface area contributed by atoms with E-state index >= 15 is 0 Å². The van der Waals surface area contributed by atoms with Gasteiger partial charge in [0.25, 0.3) is 5.91 Å². The zero-order valence-electron chi connectivity index (χ0n) is 15.9. The van der Waals surface area contributed by atoms with Crippen LogP contribution in [0.4, 0.5) is 0 Å². The summed E-state index contributed by atoms with van der Waals surface area (Å²) in [5.41, 5.74) is 2.93. The smallest absolute Gasteiger partial charge is 0.255 e. The maximum Gasteiger partial charge on any atom is 0.255 e. The first-order chi connectivity index (χ1) is 13.5. The fourth-order valence-electron chi connectivity index (χ4n) is 5.31. The molecule has 2 saturated heterocycles. The summed E-state index contributed by atoms with van der Waals surface area (Å²) in [6.45, 7) is 3.32. The minimum atomic E-state index is -0.554. The van der Waals surface area contributed by atoms with Crippen LogP contribution in [0.2, 0.25) is 0 Å².